The minimum atomic E-state index is -0.251. The van der Waals surface area contributed by atoms with E-state index in [2.05, 4.69) is 28.2 Å². The summed E-state index contributed by atoms with van der Waals surface area (Å²) in [5.74, 6) is 0.0203. The largest absolute Gasteiger partial charge is 0.508 e. The molecule has 0 aliphatic carbocycles. The van der Waals surface area contributed by atoms with Gasteiger partial charge in [-0.1, -0.05) is 12.1 Å². The fourth-order valence-corrected chi connectivity index (χ4v) is 2.45. The van der Waals surface area contributed by atoms with Crippen molar-refractivity contribution in [2.24, 2.45) is 0 Å². The molecule has 0 saturated heterocycles. The number of rotatable bonds is 4. The fourth-order valence-electron chi connectivity index (χ4n) is 2.10. The lowest BCUT2D eigenvalue weighted by atomic mass is 10.1. The quantitative estimate of drug-likeness (QED) is 0.851. The van der Waals surface area contributed by atoms with Crippen LogP contribution in [-0.2, 0) is 6.42 Å². The maximum Gasteiger partial charge on any atom is 0.137 e. The molecule has 0 aliphatic rings. The summed E-state index contributed by atoms with van der Waals surface area (Å²) < 4.78 is 13.8. The number of benzene rings is 2. The molecule has 1 atom stereocenters. The molecule has 0 aromatic heterocycles. The summed E-state index contributed by atoms with van der Waals surface area (Å²) in [4.78, 5) is 0. The van der Waals surface area contributed by atoms with E-state index in [1.54, 1.807) is 18.2 Å². The van der Waals surface area contributed by atoms with Gasteiger partial charge >= 0.3 is 0 Å². The Bertz CT molecular complexity index is 598. The molecule has 0 fully saturated rings. The third-order valence-electron chi connectivity index (χ3n) is 3.15. The molecular weight excluding hydrogens is 321 g/mol. The van der Waals surface area contributed by atoms with Gasteiger partial charge in [-0.3, -0.25) is 0 Å². The number of phenols is 1. The van der Waals surface area contributed by atoms with Crippen LogP contribution in [0.3, 0.4) is 0 Å². The highest BCUT2D eigenvalue weighted by Crippen LogP contribution is 2.25. The van der Waals surface area contributed by atoms with Gasteiger partial charge in [-0.05, 0) is 71.6 Å². The van der Waals surface area contributed by atoms with Gasteiger partial charge in [0, 0.05) is 11.7 Å². The number of phenolic OH excluding ortho intramolecular Hbond substituents is 1. The first kappa shape index (κ1) is 14.9. The summed E-state index contributed by atoms with van der Waals surface area (Å²) in [6.07, 6.45) is 0.828. The van der Waals surface area contributed by atoms with Crippen LogP contribution >= 0.6 is 15.9 Å². The molecule has 0 saturated carbocycles. The maximum absolute atomic E-state index is 13.4. The number of hydrogen-bond donors (Lipinski definition) is 2. The molecule has 0 heterocycles. The van der Waals surface area contributed by atoms with Gasteiger partial charge in [0.2, 0.25) is 0 Å². The zero-order valence-corrected chi connectivity index (χ0v) is 13.0. The minimum Gasteiger partial charge on any atom is -0.508 e. The SMILES string of the molecule is Cc1cc(F)c(Br)cc1NC(C)Cc1ccc(O)cc1. The van der Waals surface area contributed by atoms with Crippen molar-refractivity contribution in [2.75, 3.05) is 5.32 Å². The third kappa shape index (κ3) is 3.73. The molecule has 0 radical (unpaired) electrons. The normalized spacial score (nSPS) is 12.2. The molecule has 0 aliphatic heterocycles. The highest BCUT2D eigenvalue weighted by molar-refractivity contribution is 9.10. The lowest BCUT2D eigenvalue weighted by Crippen LogP contribution is -2.18. The molecule has 0 bridgehead atoms. The smallest absolute Gasteiger partial charge is 0.137 e. The molecule has 2 N–H and O–H groups in total. The van der Waals surface area contributed by atoms with Crippen molar-refractivity contribution in [1.82, 2.24) is 0 Å². The Morgan fingerprint density at radius 2 is 1.90 bits per heavy atom. The first-order valence-electron chi connectivity index (χ1n) is 6.46. The van der Waals surface area contributed by atoms with Crippen LogP contribution in [0.25, 0.3) is 0 Å². The molecule has 1 unspecified atom stereocenters. The number of anilines is 1. The van der Waals surface area contributed by atoms with Crippen LogP contribution in [-0.4, -0.2) is 11.1 Å². The first-order chi connectivity index (χ1) is 9.45. The fraction of sp³-hybridized carbons (Fsp3) is 0.250. The van der Waals surface area contributed by atoms with Crippen molar-refractivity contribution in [1.29, 1.82) is 0 Å². The topological polar surface area (TPSA) is 32.3 Å². The third-order valence-corrected chi connectivity index (χ3v) is 3.76. The number of aromatic hydroxyl groups is 1. The van der Waals surface area contributed by atoms with Gasteiger partial charge < -0.3 is 10.4 Å². The monoisotopic (exact) mass is 337 g/mol. The molecule has 4 heteroatoms. The van der Waals surface area contributed by atoms with Gasteiger partial charge in [-0.25, -0.2) is 4.39 Å². The molecule has 0 spiro atoms. The number of aryl methyl sites for hydroxylation is 1. The summed E-state index contributed by atoms with van der Waals surface area (Å²) in [5.41, 5.74) is 2.94. The van der Waals surface area contributed by atoms with Crippen LogP contribution in [0, 0.1) is 12.7 Å². The average Bonchev–Trinajstić information content (AvgIpc) is 2.39. The van der Waals surface area contributed by atoms with E-state index in [9.17, 15) is 9.50 Å². The number of halogens is 2. The Kier molecular flexibility index (Phi) is 4.65. The number of hydrogen-bond acceptors (Lipinski definition) is 2. The highest BCUT2D eigenvalue weighted by atomic mass is 79.9. The van der Waals surface area contributed by atoms with E-state index in [4.69, 9.17) is 0 Å². The van der Waals surface area contributed by atoms with Crippen LogP contribution in [0.2, 0.25) is 0 Å². The molecule has 2 rings (SSSR count). The highest BCUT2D eigenvalue weighted by Gasteiger charge is 2.09. The van der Waals surface area contributed by atoms with Crippen molar-refractivity contribution < 1.29 is 9.50 Å². The van der Waals surface area contributed by atoms with Crippen molar-refractivity contribution in [2.45, 2.75) is 26.3 Å². The van der Waals surface area contributed by atoms with Crippen LogP contribution in [0.5, 0.6) is 5.75 Å². The summed E-state index contributed by atoms with van der Waals surface area (Å²) in [7, 11) is 0. The predicted octanol–water partition coefficient (Wildman–Crippen LogP) is 4.65. The molecule has 2 nitrogen and oxygen atoms in total. The lowest BCUT2D eigenvalue weighted by molar-refractivity contribution is 0.475. The van der Waals surface area contributed by atoms with E-state index in [0.29, 0.717) is 4.47 Å². The zero-order valence-electron chi connectivity index (χ0n) is 11.5. The molecule has 2 aromatic rings. The van der Waals surface area contributed by atoms with Gasteiger partial charge in [0.25, 0.3) is 0 Å². The molecular formula is C16H17BrFNO. The van der Waals surface area contributed by atoms with E-state index < -0.39 is 0 Å². The standard InChI is InChI=1S/C16H17BrFNO/c1-10-7-15(18)14(17)9-16(10)19-11(2)8-12-3-5-13(20)6-4-12/h3-7,9,11,19-20H,8H2,1-2H3. The summed E-state index contributed by atoms with van der Waals surface area (Å²) in [6, 6.07) is 10.7. The Morgan fingerprint density at radius 1 is 1.25 bits per heavy atom. The van der Waals surface area contributed by atoms with E-state index in [0.717, 1.165) is 23.2 Å². The number of nitrogens with one attached hydrogen (secondary N) is 1. The van der Waals surface area contributed by atoms with Gasteiger partial charge in [-0.15, -0.1) is 0 Å². The zero-order chi connectivity index (χ0) is 14.7. The van der Waals surface area contributed by atoms with E-state index in [1.807, 2.05) is 19.1 Å². The van der Waals surface area contributed by atoms with E-state index >= 15 is 0 Å². The Morgan fingerprint density at radius 3 is 2.55 bits per heavy atom. The summed E-state index contributed by atoms with van der Waals surface area (Å²) in [6.45, 7) is 3.95. The molecule has 2 aromatic carbocycles. The molecule has 0 amide bonds. The second kappa shape index (κ2) is 6.27. The van der Waals surface area contributed by atoms with Crippen LogP contribution in [0.4, 0.5) is 10.1 Å². The van der Waals surface area contributed by atoms with Gasteiger partial charge in [0.1, 0.15) is 11.6 Å². The van der Waals surface area contributed by atoms with Crippen molar-refractivity contribution in [3.63, 3.8) is 0 Å². The van der Waals surface area contributed by atoms with Crippen molar-refractivity contribution >= 4 is 21.6 Å². The van der Waals surface area contributed by atoms with E-state index in [-0.39, 0.29) is 17.6 Å². The van der Waals surface area contributed by atoms with Crippen LogP contribution in [0.15, 0.2) is 40.9 Å². The van der Waals surface area contributed by atoms with Gasteiger partial charge in [-0.2, -0.15) is 0 Å². The lowest BCUT2D eigenvalue weighted by Gasteiger charge is -2.18. The second-order valence-corrected chi connectivity index (χ2v) is 5.85. The maximum atomic E-state index is 13.4. The predicted molar refractivity (Wildman–Crippen MR) is 83.7 cm³/mol. The second-order valence-electron chi connectivity index (χ2n) is 5.00. The Balaban J connectivity index is 2.06. The van der Waals surface area contributed by atoms with E-state index in [1.165, 1.54) is 6.07 Å². The Labute approximate surface area is 126 Å². The van der Waals surface area contributed by atoms with Crippen LogP contribution in [0.1, 0.15) is 18.1 Å². The summed E-state index contributed by atoms with van der Waals surface area (Å²) >= 11 is 3.20. The van der Waals surface area contributed by atoms with Gasteiger partial charge in [0.15, 0.2) is 0 Å². The van der Waals surface area contributed by atoms with Gasteiger partial charge in [0.05, 0.1) is 4.47 Å². The minimum absolute atomic E-state index is 0.204. The van der Waals surface area contributed by atoms with Crippen molar-refractivity contribution in [3.8, 4) is 5.75 Å². The molecule has 20 heavy (non-hydrogen) atoms. The Hall–Kier alpha value is -1.55. The first-order valence-corrected chi connectivity index (χ1v) is 7.25. The average molecular weight is 338 g/mol. The summed E-state index contributed by atoms with van der Waals surface area (Å²) in [5, 5.41) is 12.6. The van der Waals surface area contributed by atoms with Crippen LogP contribution < -0.4 is 5.32 Å². The van der Waals surface area contributed by atoms with Crippen molar-refractivity contribution in [3.05, 3.63) is 57.8 Å². The molecule has 106 valence electrons.